The summed E-state index contributed by atoms with van der Waals surface area (Å²) in [6.07, 6.45) is 0. The first-order chi connectivity index (χ1) is 16.7. The standard InChI is InChI=1S/C21H29N7O5S2/c1-31-11-8-9-14-12(10-11)16(17(22)34-20(24)32-2)18(27(14)19(23)35-21(25)33-3)26-13-6-4-5-7-15(13)28(29)30/h4-10,17,19-21,26H,22-25H2,1-3H3. The normalized spacial score (nSPS) is 14.9. The molecule has 0 aliphatic carbocycles. The third-order valence-electron chi connectivity index (χ3n) is 5.16. The lowest BCUT2D eigenvalue weighted by Gasteiger charge is -2.23. The quantitative estimate of drug-likeness (QED) is 0.133. The molecule has 0 spiro atoms. The van der Waals surface area contributed by atoms with Crippen LogP contribution in [0.4, 0.5) is 17.2 Å². The number of para-hydroxylation sites is 2. The van der Waals surface area contributed by atoms with Crippen molar-refractivity contribution >= 4 is 51.6 Å². The molecule has 4 atom stereocenters. The number of methoxy groups -OCH3 is 3. The van der Waals surface area contributed by atoms with Crippen molar-refractivity contribution in [2.75, 3.05) is 26.6 Å². The molecule has 190 valence electrons. The van der Waals surface area contributed by atoms with Crippen molar-refractivity contribution in [2.24, 2.45) is 22.9 Å². The van der Waals surface area contributed by atoms with E-state index >= 15 is 0 Å². The van der Waals surface area contributed by atoms with E-state index in [2.05, 4.69) is 5.32 Å². The van der Waals surface area contributed by atoms with E-state index in [0.717, 1.165) is 17.1 Å². The van der Waals surface area contributed by atoms with Gasteiger partial charge in [0, 0.05) is 31.2 Å². The number of anilines is 2. The monoisotopic (exact) mass is 523 g/mol. The van der Waals surface area contributed by atoms with Gasteiger partial charge < -0.3 is 35.6 Å². The molecule has 1 heterocycles. The van der Waals surface area contributed by atoms with Gasteiger partial charge in [0.25, 0.3) is 5.69 Å². The second kappa shape index (κ2) is 11.9. The summed E-state index contributed by atoms with van der Waals surface area (Å²) < 4.78 is 17.6. The fourth-order valence-corrected chi connectivity index (χ4v) is 5.02. The highest BCUT2D eigenvalue weighted by Crippen LogP contribution is 2.45. The number of benzene rings is 2. The number of nitrogens with one attached hydrogen (secondary N) is 1. The van der Waals surface area contributed by atoms with Crippen LogP contribution in [-0.2, 0) is 9.47 Å². The first-order valence-corrected chi connectivity index (χ1v) is 12.2. The summed E-state index contributed by atoms with van der Waals surface area (Å²) in [6.45, 7) is 0. The summed E-state index contributed by atoms with van der Waals surface area (Å²) in [6, 6.07) is 11.7. The molecule has 3 rings (SSSR count). The second-order valence-electron chi connectivity index (χ2n) is 7.21. The molecular weight excluding hydrogens is 494 g/mol. The molecule has 4 unspecified atom stereocenters. The zero-order chi connectivity index (χ0) is 25.7. The number of fused-ring (bicyclic) bond motifs is 1. The van der Waals surface area contributed by atoms with Crippen molar-refractivity contribution in [3.63, 3.8) is 0 Å². The number of nitrogens with two attached hydrogens (primary N) is 4. The van der Waals surface area contributed by atoms with E-state index in [1.54, 1.807) is 35.9 Å². The first-order valence-electron chi connectivity index (χ1n) is 10.3. The van der Waals surface area contributed by atoms with Crippen LogP contribution in [0, 0.1) is 10.1 Å². The van der Waals surface area contributed by atoms with Gasteiger partial charge in [-0.2, -0.15) is 0 Å². The number of ether oxygens (including phenoxy) is 3. The lowest BCUT2D eigenvalue weighted by atomic mass is 10.1. The molecule has 0 saturated heterocycles. The van der Waals surface area contributed by atoms with E-state index in [1.165, 1.54) is 32.0 Å². The van der Waals surface area contributed by atoms with Crippen molar-refractivity contribution in [1.82, 2.24) is 4.57 Å². The Kier molecular flexibility index (Phi) is 9.21. The maximum atomic E-state index is 11.7. The smallest absolute Gasteiger partial charge is 0.292 e. The molecule has 2 aromatic carbocycles. The summed E-state index contributed by atoms with van der Waals surface area (Å²) in [4.78, 5) is 11.2. The molecule has 14 heteroatoms. The molecule has 0 aliphatic heterocycles. The summed E-state index contributed by atoms with van der Waals surface area (Å²) in [5.41, 5.74) is 24.4. The zero-order valence-electron chi connectivity index (χ0n) is 19.4. The van der Waals surface area contributed by atoms with E-state index in [0.29, 0.717) is 22.6 Å². The van der Waals surface area contributed by atoms with Crippen molar-refractivity contribution < 1.29 is 19.1 Å². The fourth-order valence-electron chi connectivity index (χ4n) is 3.51. The SMILES string of the molecule is COc1ccc2c(c1)c(C(N)SC(N)OC)c(Nc1ccccc1[N+](=O)[O-])n2C(N)SC(N)OC. The van der Waals surface area contributed by atoms with Gasteiger partial charge in [0.1, 0.15) is 22.8 Å². The summed E-state index contributed by atoms with van der Waals surface area (Å²) in [5.74, 6) is 1.03. The highest BCUT2D eigenvalue weighted by atomic mass is 32.2. The second-order valence-corrected chi connectivity index (χ2v) is 9.67. The molecule has 0 fully saturated rings. The Bertz CT molecular complexity index is 1180. The number of nitrogens with zero attached hydrogens (tertiary/aromatic N) is 2. The van der Waals surface area contributed by atoms with E-state index in [1.807, 2.05) is 12.1 Å². The van der Waals surface area contributed by atoms with Crippen LogP contribution in [0.1, 0.15) is 16.4 Å². The van der Waals surface area contributed by atoms with Gasteiger partial charge in [-0.15, -0.1) is 0 Å². The fraction of sp³-hybridized carbons (Fsp3) is 0.333. The van der Waals surface area contributed by atoms with Gasteiger partial charge in [0.15, 0.2) is 11.1 Å². The maximum Gasteiger partial charge on any atom is 0.292 e. The Morgan fingerprint density at radius 2 is 1.66 bits per heavy atom. The summed E-state index contributed by atoms with van der Waals surface area (Å²) in [5, 5.41) is 14.9. The van der Waals surface area contributed by atoms with Gasteiger partial charge in [0.2, 0.25) is 0 Å². The molecule has 0 saturated carbocycles. The number of rotatable bonds is 12. The molecule has 0 amide bonds. The highest BCUT2D eigenvalue weighted by molar-refractivity contribution is 8.00. The van der Waals surface area contributed by atoms with Crippen LogP contribution < -0.4 is 33.0 Å². The van der Waals surface area contributed by atoms with Crippen molar-refractivity contribution in [3.05, 3.63) is 58.1 Å². The number of nitro groups is 1. The largest absolute Gasteiger partial charge is 0.497 e. The number of hydrogen-bond donors (Lipinski definition) is 5. The highest BCUT2D eigenvalue weighted by Gasteiger charge is 2.29. The number of thioether (sulfide) groups is 2. The Labute approximate surface area is 210 Å². The topological polar surface area (TPSA) is 192 Å². The predicted octanol–water partition coefficient (Wildman–Crippen LogP) is 2.92. The lowest BCUT2D eigenvalue weighted by molar-refractivity contribution is -0.383. The van der Waals surface area contributed by atoms with Crippen LogP contribution >= 0.6 is 23.5 Å². The maximum absolute atomic E-state index is 11.7. The number of hydrogen-bond acceptors (Lipinski definition) is 12. The van der Waals surface area contributed by atoms with Gasteiger partial charge in [-0.25, -0.2) is 0 Å². The zero-order valence-corrected chi connectivity index (χ0v) is 21.0. The van der Waals surface area contributed by atoms with E-state index < -0.39 is 26.9 Å². The van der Waals surface area contributed by atoms with Gasteiger partial charge >= 0.3 is 0 Å². The van der Waals surface area contributed by atoms with Crippen molar-refractivity contribution in [3.8, 4) is 5.75 Å². The van der Waals surface area contributed by atoms with E-state index in [-0.39, 0.29) is 11.4 Å². The minimum absolute atomic E-state index is 0.113. The van der Waals surface area contributed by atoms with E-state index in [4.69, 9.17) is 37.1 Å². The molecule has 35 heavy (non-hydrogen) atoms. The molecule has 12 nitrogen and oxygen atoms in total. The molecule has 1 aromatic heterocycles. The average Bonchev–Trinajstić information content (AvgIpc) is 3.16. The molecule has 9 N–H and O–H groups in total. The number of aromatic nitrogens is 1. The first kappa shape index (κ1) is 27.0. The Hall–Kier alpha value is -2.56. The van der Waals surface area contributed by atoms with Gasteiger partial charge in [-0.05, 0) is 24.3 Å². The minimum Gasteiger partial charge on any atom is -0.497 e. The Balaban J connectivity index is 2.30. The van der Waals surface area contributed by atoms with Crippen molar-refractivity contribution in [1.29, 1.82) is 0 Å². The third-order valence-corrected chi connectivity index (χ3v) is 7.10. The van der Waals surface area contributed by atoms with Crippen LogP contribution in [0.15, 0.2) is 42.5 Å². The number of nitro benzene ring substituents is 1. The van der Waals surface area contributed by atoms with Gasteiger partial charge in [-0.3, -0.25) is 21.6 Å². The lowest BCUT2D eigenvalue weighted by Crippen LogP contribution is -2.26. The molecule has 0 radical (unpaired) electrons. The van der Waals surface area contributed by atoms with Crippen LogP contribution in [0.2, 0.25) is 0 Å². The average molecular weight is 524 g/mol. The van der Waals surface area contributed by atoms with Crippen LogP contribution in [0.3, 0.4) is 0 Å². The minimum atomic E-state index is -0.742. The summed E-state index contributed by atoms with van der Waals surface area (Å²) in [7, 11) is 4.50. The molecule has 0 aliphatic rings. The van der Waals surface area contributed by atoms with Crippen LogP contribution in [0.5, 0.6) is 5.75 Å². The predicted molar refractivity (Wildman–Crippen MR) is 140 cm³/mol. The summed E-state index contributed by atoms with van der Waals surface area (Å²) >= 11 is 2.32. The molecular formula is C21H29N7O5S2. The molecule has 0 bridgehead atoms. The van der Waals surface area contributed by atoms with Gasteiger partial charge in [-0.1, -0.05) is 35.7 Å². The van der Waals surface area contributed by atoms with Gasteiger partial charge in [0.05, 0.1) is 22.9 Å². The molecule has 3 aromatic rings. The third kappa shape index (κ3) is 5.99. The van der Waals surface area contributed by atoms with Crippen molar-refractivity contribution in [2.45, 2.75) is 22.0 Å². The van der Waals surface area contributed by atoms with Crippen LogP contribution in [-0.4, -0.2) is 41.9 Å². The van der Waals surface area contributed by atoms with Crippen LogP contribution in [0.25, 0.3) is 10.9 Å². The van der Waals surface area contributed by atoms with E-state index in [9.17, 15) is 10.1 Å². The Morgan fingerprint density at radius 1 is 1.00 bits per heavy atom. The Morgan fingerprint density at radius 3 is 2.29 bits per heavy atom.